The lowest BCUT2D eigenvalue weighted by atomic mass is 10.0. The monoisotopic (exact) mass is 462 g/mol. The molecule has 0 saturated carbocycles. The molecule has 4 aromatic rings. The van der Waals surface area contributed by atoms with Gasteiger partial charge in [0.1, 0.15) is 0 Å². The van der Waals surface area contributed by atoms with E-state index in [1.165, 1.54) is 12.1 Å². The van der Waals surface area contributed by atoms with Crippen LogP contribution in [0.5, 0.6) is 0 Å². The molecule has 0 N–H and O–H groups in total. The molecule has 0 bridgehead atoms. The van der Waals surface area contributed by atoms with Gasteiger partial charge < -0.3 is 0 Å². The number of hydrogen-bond acceptors (Lipinski definition) is 3. The summed E-state index contributed by atoms with van der Waals surface area (Å²) in [6.07, 6.45) is -3.06. The van der Waals surface area contributed by atoms with E-state index in [1.807, 2.05) is 6.92 Å². The third-order valence-electron chi connectivity index (χ3n) is 4.93. The van der Waals surface area contributed by atoms with Crippen LogP contribution < -0.4 is 0 Å². The fourth-order valence-electron chi connectivity index (χ4n) is 3.44. The highest BCUT2D eigenvalue weighted by atomic mass is 32.2. The Balaban J connectivity index is 2.19. The van der Waals surface area contributed by atoms with Gasteiger partial charge in [0.25, 0.3) is 10.0 Å². The minimum absolute atomic E-state index is 0.0427. The second-order valence-electron chi connectivity index (χ2n) is 6.98. The van der Waals surface area contributed by atoms with Crippen molar-refractivity contribution in [1.29, 1.82) is 0 Å². The van der Waals surface area contributed by atoms with E-state index >= 15 is 0 Å². The van der Waals surface area contributed by atoms with Crippen molar-refractivity contribution in [3.8, 4) is 11.1 Å². The van der Waals surface area contributed by atoms with E-state index in [4.69, 9.17) is 1.37 Å². The van der Waals surface area contributed by atoms with Gasteiger partial charge in [-0.1, -0.05) is 54.1 Å². The molecule has 3 nitrogen and oxygen atoms in total. The molecule has 0 unspecified atom stereocenters. The zero-order valence-corrected chi connectivity index (χ0v) is 18.2. The van der Waals surface area contributed by atoms with Crippen LogP contribution in [0.3, 0.4) is 0 Å². The smallest absolute Gasteiger partial charge is 0.227 e. The number of benzene rings is 3. The van der Waals surface area contributed by atoms with Gasteiger partial charge in [0.05, 0.1) is 22.4 Å². The van der Waals surface area contributed by atoms with Crippen LogP contribution in [-0.2, 0) is 16.2 Å². The number of aromatic nitrogens is 1. The standard InChI is InChI=1S/C23H18F3NO2S2/c1-15-8-11-18(12-9-15)31(28,29)27-20-14-17(23(24,25)26)10-13-19(20)21(22(27)30-2)16-6-4-3-5-7-16/h3-14H,1-2H3/i13D. The summed E-state index contributed by atoms with van der Waals surface area (Å²) in [6.45, 7) is 1.81. The number of halogens is 3. The third-order valence-corrected chi connectivity index (χ3v) is 7.55. The number of thioether (sulfide) groups is 1. The molecule has 4 rings (SSSR count). The Hall–Kier alpha value is -2.71. The Morgan fingerprint density at radius 2 is 1.65 bits per heavy atom. The van der Waals surface area contributed by atoms with Gasteiger partial charge in [-0.05, 0) is 43.0 Å². The first-order chi connectivity index (χ1) is 15.1. The normalized spacial score (nSPS) is 12.9. The summed E-state index contributed by atoms with van der Waals surface area (Å²) in [4.78, 5) is -0.0427. The molecule has 0 atom stereocenters. The summed E-state index contributed by atoms with van der Waals surface area (Å²) in [5, 5.41) is 0.406. The number of alkyl halides is 3. The van der Waals surface area contributed by atoms with Gasteiger partial charge in [-0.15, -0.1) is 11.8 Å². The molecular weight excluding hydrogens is 443 g/mol. The Morgan fingerprint density at radius 1 is 1.00 bits per heavy atom. The van der Waals surface area contributed by atoms with Gasteiger partial charge in [-0.25, -0.2) is 12.4 Å². The van der Waals surface area contributed by atoms with Gasteiger partial charge in [-0.2, -0.15) is 13.2 Å². The third kappa shape index (κ3) is 3.74. The van der Waals surface area contributed by atoms with Crippen molar-refractivity contribution in [2.24, 2.45) is 0 Å². The Labute approximate surface area is 184 Å². The summed E-state index contributed by atoms with van der Waals surface area (Å²) in [7, 11) is -4.25. The summed E-state index contributed by atoms with van der Waals surface area (Å²) in [5.74, 6) is 0. The van der Waals surface area contributed by atoms with Crippen LogP contribution in [0.4, 0.5) is 13.2 Å². The van der Waals surface area contributed by atoms with Crippen LogP contribution in [0.1, 0.15) is 12.5 Å². The SMILES string of the molecule is [2H]c1cc(C(F)(F)F)cc2c1c(-c1ccccc1)c(SC)n2S(=O)(=O)c1ccc(C)cc1. The topological polar surface area (TPSA) is 39.1 Å². The molecule has 31 heavy (non-hydrogen) atoms. The molecule has 0 radical (unpaired) electrons. The zero-order valence-electron chi connectivity index (χ0n) is 17.6. The Kier molecular flexibility index (Phi) is 5.06. The highest BCUT2D eigenvalue weighted by Gasteiger charge is 2.33. The van der Waals surface area contributed by atoms with E-state index in [1.54, 1.807) is 48.7 Å². The van der Waals surface area contributed by atoms with Gasteiger partial charge in [0.15, 0.2) is 0 Å². The number of aryl methyl sites for hydroxylation is 1. The number of nitrogens with zero attached hydrogens (tertiary/aromatic N) is 1. The van der Waals surface area contributed by atoms with E-state index in [0.717, 1.165) is 33.4 Å². The predicted molar refractivity (Wildman–Crippen MR) is 118 cm³/mol. The minimum Gasteiger partial charge on any atom is -0.227 e. The summed E-state index contributed by atoms with van der Waals surface area (Å²) in [5.41, 5.74) is 0.647. The highest BCUT2D eigenvalue weighted by molar-refractivity contribution is 7.99. The van der Waals surface area contributed by atoms with Crippen molar-refractivity contribution >= 4 is 32.7 Å². The van der Waals surface area contributed by atoms with Crippen molar-refractivity contribution in [2.75, 3.05) is 6.26 Å². The average molecular weight is 463 g/mol. The van der Waals surface area contributed by atoms with Crippen molar-refractivity contribution < 1.29 is 23.0 Å². The van der Waals surface area contributed by atoms with Gasteiger partial charge in [-0.3, -0.25) is 0 Å². The second kappa shape index (κ2) is 7.76. The van der Waals surface area contributed by atoms with Crippen molar-refractivity contribution in [2.45, 2.75) is 23.0 Å². The van der Waals surface area contributed by atoms with Crippen molar-refractivity contribution in [1.82, 2.24) is 3.97 Å². The molecule has 0 aliphatic carbocycles. The lowest BCUT2D eigenvalue weighted by Crippen LogP contribution is -2.14. The molecule has 160 valence electrons. The molecule has 1 aromatic heterocycles. The Bertz CT molecular complexity index is 1410. The summed E-state index contributed by atoms with van der Waals surface area (Å²) in [6, 6.07) is 16.1. The average Bonchev–Trinajstić information content (AvgIpc) is 3.09. The Morgan fingerprint density at radius 3 is 2.23 bits per heavy atom. The first kappa shape index (κ1) is 20.2. The van der Waals surface area contributed by atoms with Crippen molar-refractivity contribution in [3.05, 3.63) is 83.9 Å². The van der Waals surface area contributed by atoms with E-state index in [2.05, 4.69) is 0 Å². The lowest BCUT2D eigenvalue weighted by molar-refractivity contribution is -0.137. The molecule has 0 saturated heterocycles. The number of hydrogen-bond donors (Lipinski definition) is 0. The number of fused-ring (bicyclic) bond motifs is 1. The van der Waals surface area contributed by atoms with E-state index < -0.39 is 21.8 Å². The molecule has 0 aliphatic rings. The van der Waals surface area contributed by atoms with Crippen molar-refractivity contribution in [3.63, 3.8) is 0 Å². The first-order valence-corrected chi connectivity index (χ1v) is 11.9. The highest BCUT2D eigenvalue weighted by Crippen LogP contribution is 2.43. The number of rotatable bonds is 4. The first-order valence-electron chi connectivity index (χ1n) is 9.73. The molecule has 0 amide bonds. The molecular formula is C23H18F3NO2S2. The van der Waals surface area contributed by atoms with Gasteiger partial charge in [0, 0.05) is 10.9 Å². The van der Waals surface area contributed by atoms with Crippen LogP contribution >= 0.6 is 11.8 Å². The minimum atomic E-state index is -4.72. The molecule has 0 aliphatic heterocycles. The quantitative estimate of drug-likeness (QED) is 0.321. The maximum Gasteiger partial charge on any atom is 0.416 e. The zero-order chi connectivity index (χ0) is 23.3. The maximum atomic E-state index is 13.7. The van der Waals surface area contributed by atoms with Crippen LogP contribution in [0.25, 0.3) is 22.0 Å². The predicted octanol–water partition coefficient (Wildman–Crippen LogP) is 6.59. The van der Waals surface area contributed by atoms with Crippen LogP contribution in [0.2, 0.25) is 0 Å². The van der Waals surface area contributed by atoms with Crippen LogP contribution in [0, 0.1) is 6.92 Å². The lowest BCUT2D eigenvalue weighted by Gasteiger charge is -2.13. The van der Waals surface area contributed by atoms with E-state index in [9.17, 15) is 21.6 Å². The fourth-order valence-corrected chi connectivity index (χ4v) is 6.05. The van der Waals surface area contributed by atoms with Crippen LogP contribution in [0.15, 0.2) is 82.7 Å². The van der Waals surface area contributed by atoms with E-state index in [-0.39, 0.29) is 26.9 Å². The molecule has 8 heteroatoms. The molecule has 0 spiro atoms. The van der Waals surface area contributed by atoms with E-state index in [0.29, 0.717) is 11.1 Å². The molecule has 0 fully saturated rings. The second-order valence-corrected chi connectivity index (χ2v) is 9.56. The van der Waals surface area contributed by atoms with Crippen LogP contribution in [-0.4, -0.2) is 18.6 Å². The largest absolute Gasteiger partial charge is 0.416 e. The molecule has 1 heterocycles. The summed E-state index contributed by atoms with van der Waals surface area (Å²) < 4.78 is 77.3. The summed E-state index contributed by atoms with van der Waals surface area (Å²) >= 11 is 1.11. The molecule has 3 aromatic carbocycles. The van der Waals surface area contributed by atoms with Gasteiger partial charge >= 0.3 is 6.18 Å². The maximum absolute atomic E-state index is 13.7. The van der Waals surface area contributed by atoms with Gasteiger partial charge in [0.2, 0.25) is 0 Å². The fraction of sp³-hybridized carbons (Fsp3) is 0.130.